The summed E-state index contributed by atoms with van der Waals surface area (Å²) in [5, 5.41) is 0.275. The van der Waals surface area contributed by atoms with Crippen molar-refractivity contribution in [3.05, 3.63) is 16.4 Å². The molecule has 1 saturated heterocycles. The van der Waals surface area contributed by atoms with E-state index in [2.05, 4.69) is 9.97 Å². The summed E-state index contributed by atoms with van der Waals surface area (Å²) in [6.07, 6.45) is 1.21. The highest BCUT2D eigenvalue weighted by Gasteiger charge is 2.36. The van der Waals surface area contributed by atoms with E-state index in [0.717, 1.165) is 18.2 Å². The summed E-state index contributed by atoms with van der Waals surface area (Å²) in [5.74, 6) is 0.125. The van der Waals surface area contributed by atoms with Crippen LogP contribution in [0.25, 0.3) is 0 Å². The van der Waals surface area contributed by atoms with Crippen LogP contribution in [0.3, 0.4) is 0 Å². The largest absolute Gasteiger partial charge is 0.383 e. The Hall–Kier alpha value is -1.55. The lowest BCUT2D eigenvalue weighted by molar-refractivity contribution is -0.132. The summed E-state index contributed by atoms with van der Waals surface area (Å²) >= 11 is 1.08. The van der Waals surface area contributed by atoms with Gasteiger partial charge in [-0.15, -0.1) is 0 Å². The average Bonchev–Trinajstić information content (AvgIpc) is 2.84. The van der Waals surface area contributed by atoms with Crippen molar-refractivity contribution in [2.24, 2.45) is 0 Å². The average molecular weight is 374 g/mol. The zero-order valence-electron chi connectivity index (χ0n) is 13.7. The third kappa shape index (κ3) is 4.73. The molecule has 1 aromatic heterocycles. The summed E-state index contributed by atoms with van der Waals surface area (Å²) in [4.78, 5) is 32.2. The van der Waals surface area contributed by atoms with Gasteiger partial charge in [-0.05, 0) is 19.8 Å². The first-order valence-electron chi connectivity index (χ1n) is 7.73. The molecule has 1 amide bonds. The summed E-state index contributed by atoms with van der Waals surface area (Å²) in [6, 6.07) is 0.830. The SMILES string of the molecule is CC[C@H](C)N(C(=O)CSc1nc(N)cc(=O)[nH]1)[C@@H]1CCS(=O)(=O)C1. The van der Waals surface area contributed by atoms with Crippen molar-refractivity contribution < 1.29 is 13.2 Å². The number of carbonyl (C=O) groups is 1. The second kappa shape index (κ2) is 7.56. The van der Waals surface area contributed by atoms with Crippen molar-refractivity contribution >= 4 is 33.3 Å². The Labute approximate surface area is 145 Å². The number of hydrogen-bond donors (Lipinski definition) is 2. The fourth-order valence-electron chi connectivity index (χ4n) is 2.73. The van der Waals surface area contributed by atoms with Crippen LogP contribution in [0.4, 0.5) is 5.82 Å². The van der Waals surface area contributed by atoms with E-state index in [1.165, 1.54) is 6.07 Å². The number of hydrogen-bond acceptors (Lipinski definition) is 7. The lowest BCUT2D eigenvalue weighted by Crippen LogP contribution is -2.47. The maximum absolute atomic E-state index is 12.6. The second-order valence-corrected chi connectivity index (χ2v) is 9.07. The quantitative estimate of drug-likeness (QED) is 0.540. The Bertz CT molecular complexity index is 762. The molecule has 8 nitrogen and oxygen atoms in total. The van der Waals surface area contributed by atoms with E-state index >= 15 is 0 Å². The van der Waals surface area contributed by atoms with Gasteiger partial charge in [-0.1, -0.05) is 18.7 Å². The molecule has 0 unspecified atom stereocenters. The van der Waals surface area contributed by atoms with Gasteiger partial charge in [0, 0.05) is 18.2 Å². The molecule has 0 aromatic carbocycles. The lowest BCUT2D eigenvalue weighted by Gasteiger charge is -2.33. The number of nitrogens with zero attached hydrogens (tertiary/aromatic N) is 2. The zero-order valence-corrected chi connectivity index (χ0v) is 15.3. The van der Waals surface area contributed by atoms with Crippen molar-refractivity contribution in [3.63, 3.8) is 0 Å². The minimum absolute atomic E-state index is 0.0150. The molecule has 2 atom stereocenters. The van der Waals surface area contributed by atoms with Crippen molar-refractivity contribution in [2.75, 3.05) is 23.0 Å². The molecule has 0 radical (unpaired) electrons. The number of nitrogen functional groups attached to an aromatic ring is 1. The number of thioether (sulfide) groups is 1. The lowest BCUT2D eigenvalue weighted by atomic mass is 10.1. The number of amides is 1. The maximum atomic E-state index is 12.6. The Kier molecular flexibility index (Phi) is 5.92. The fraction of sp³-hybridized carbons (Fsp3) is 0.643. The van der Waals surface area contributed by atoms with Gasteiger partial charge in [-0.25, -0.2) is 13.4 Å². The van der Waals surface area contributed by atoms with E-state index < -0.39 is 9.84 Å². The van der Waals surface area contributed by atoms with Crippen LogP contribution >= 0.6 is 11.8 Å². The molecule has 1 aromatic rings. The van der Waals surface area contributed by atoms with Crippen molar-refractivity contribution in [1.29, 1.82) is 0 Å². The third-order valence-electron chi connectivity index (χ3n) is 4.03. The summed E-state index contributed by atoms with van der Waals surface area (Å²) < 4.78 is 23.5. The van der Waals surface area contributed by atoms with Gasteiger partial charge in [-0.2, -0.15) is 0 Å². The summed E-state index contributed by atoms with van der Waals surface area (Å²) in [6.45, 7) is 3.87. The molecule has 2 heterocycles. The summed E-state index contributed by atoms with van der Waals surface area (Å²) in [5.41, 5.74) is 5.14. The smallest absolute Gasteiger partial charge is 0.253 e. The predicted molar refractivity (Wildman–Crippen MR) is 93.7 cm³/mol. The van der Waals surface area contributed by atoms with Gasteiger partial charge >= 0.3 is 0 Å². The minimum atomic E-state index is -3.07. The van der Waals surface area contributed by atoms with Crippen LogP contribution in [0.5, 0.6) is 0 Å². The highest BCUT2D eigenvalue weighted by Crippen LogP contribution is 2.23. The van der Waals surface area contributed by atoms with Gasteiger partial charge in [0.1, 0.15) is 5.82 Å². The van der Waals surface area contributed by atoms with Crippen LogP contribution in [-0.4, -0.2) is 58.5 Å². The topological polar surface area (TPSA) is 126 Å². The van der Waals surface area contributed by atoms with Gasteiger partial charge in [0.15, 0.2) is 15.0 Å². The molecule has 0 bridgehead atoms. The Balaban J connectivity index is 2.09. The van der Waals surface area contributed by atoms with Crippen LogP contribution < -0.4 is 11.3 Å². The molecule has 3 N–H and O–H groups in total. The van der Waals surface area contributed by atoms with Crippen molar-refractivity contribution in [3.8, 4) is 0 Å². The Morgan fingerprint density at radius 2 is 2.29 bits per heavy atom. The molecule has 134 valence electrons. The Morgan fingerprint density at radius 3 is 2.83 bits per heavy atom. The first-order valence-corrected chi connectivity index (χ1v) is 10.5. The van der Waals surface area contributed by atoms with Crippen LogP contribution in [0.1, 0.15) is 26.7 Å². The first kappa shape index (κ1) is 18.8. The molecular weight excluding hydrogens is 352 g/mol. The number of H-pyrrole nitrogens is 1. The fourth-order valence-corrected chi connectivity index (χ4v) is 5.19. The maximum Gasteiger partial charge on any atom is 0.253 e. The zero-order chi connectivity index (χ0) is 17.9. The second-order valence-electron chi connectivity index (χ2n) is 5.88. The molecule has 10 heteroatoms. The predicted octanol–water partition coefficient (Wildman–Crippen LogP) is 0.258. The number of aromatic nitrogens is 2. The van der Waals surface area contributed by atoms with E-state index in [1.807, 2.05) is 13.8 Å². The number of carbonyl (C=O) groups excluding carboxylic acids is 1. The molecule has 0 aliphatic carbocycles. The number of anilines is 1. The van der Waals surface area contributed by atoms with E-state index in [9.17, 15) is 18.0 Å². The molecule has 0 saturated carbocycles. The first-order chi connectivity index (χ1) is 11.2. The summed E-state index contributed by atoms with van der Waals surface area (Å²) in [7, 11) is -3.07. The standard InChI is InChI=1S/C14H22N4O4S2/c1-3-9(2)18(10-4-5-24(21,22)8-10)13(20)7-23-14-16-11(15)6-12(19)17-14/h6,9-10H,3-5,7-8H2,1-2H3,(H3,15,16,17,19)/t9-,10+/m0/s1. The van der Waals surface area contributed by atoms with E-state index in [1.54, 1.807) is 4.90 Å². The van der Waals surface area contributed by atoms with Crippen molar-refractivity contribution in [1.82, 2.24) is 14.9 Å². The van der Waals surface area contributed by atoms with Gasteiger partial charge in [-0.3, -0.25) is 9.59 Å². The van der Waals surface area contributed by atoms with E-state index in [4.69, 9.17) is 5.73 Å². The van der Waals surface area contributed by atoms with Crippen LogP contribution in [0, 0.1) is 0 Å². The molecule has 1 aliphatic rings. The van der Waals surface area contributed by atoms with Crippen molar-refractivity contribution in [2.45, 2.75) is 43.9 Å². The monoisotopic (exact) mass is 374 g/mol. The third-order valence-corrected chi connectivity index (χ3v) is 6.64. The number of aromatic amines is 1. The van der Waals surface area contributed by atoms with E-state index in [-0.39, 0.29) is 51.8 Å². The van der Waals surface area contributed by atoms with Crippen LogP contribution in [-0.2, 0) is 14.6 Å². The van der Waals surface area contributed by atoms with Gasteiger partial charge in [0.25, 0.3) is 5.56 Å². The number of rotatable bonds is 6. The minimum Gasteiger partial charge on any atom is -0.383 e. The highest BCUT2D eigenvalue weighted by atomic mass is 32.2. The number of nitrogens with two attached hydrogens (primary N) is 1. The Morgan fingerprint density at radius 1 is 1.58 bits per heavy atom. The number of nitrogens with one attached hydrogen (secondary N) is 1. The highest BCUT2D eigenvalue weighted by molar-refractivity contribution is 7.99. The molecule has 0 spiro atoms. The van der Waals surface area contributed by atoms with Gasteiger partial charge < -0.3 is 15.6 Å². The number of sulfone groups is 1. The molecule has 1 aliphatic heterocycles. The molecule has 1 fully saturated rings. The van der Waals surface area contributed by atoms with E-state index in [0.29, 0.717) is 6.42 Å². The van der Waals surface area contributed by atoms with Gasteiger partial charge in [0.2, 0.25) is 5.91 Å². The molecule has 24 heavy (non-hydrogen) atoms. The normalized spacial score (nSPS) is 20.7. The molecular formula is C14H22N4O4S2. The van der Waals surface area contributed by atoms with Gasteiger partial charge in [0.05, 0.1) is 17.3 Å². The van der Waals surface area contributed by atoms with Crippen LogP contribution in [0.2, 0.25) is 0 Å². The molecule has 2 rings (SSSR count). The van der Waals surface area contributed by atoms with Crippen LogP contribution in [0.15, 0.2) is 16.0 Å².